The largest absolute Gasteiger partial charge is 0.394 e. The van der Waals surface area contributed by atoms with E-state index in [9.17, 15) is 0 Å². The standard InChI is InChI=1S/C16H17NO2/c1-13(17-19-12-11-18)14-7-9-16(10-8-14)15-5-3-2-4-6-15/h2-10,17-18H,1,11-12H2. The molecule has 0 aliphatic heterocycles. The Balaban J connectivity index is 2.04. The maximum absolute atomic E-state index is 8.62. The molecule has 3 heteroatoms. The van der Waals surface area contributed by atoms with Crippen molar-refractivity contribution >= 4 is 5.70 Å². The van der Waals surface area contributed by atoms with Crippen molar-refractivity contribution in [1.29, 1.82) is 0 Å². The Labute approximate surface area is 113 Å². The minimum absolute atomic E-state index is 0.0206. The summed E-state index contributed by atoms with van der Waals surface area (Å²) in [6, 6.07) is 18.3. The first-order chi connectivity index (χ1) is 9.31. The molecule has 98 valence electrons. The Morgan fingerprint density at radius 2 is 1.63 bits per heavy atom. The van der Waals surface area contributed by atoms with E-state index in [1.54, 1.807) is 0 Å². The van der Waals surface area contributed by atoms with Crippen molar-refractivity contribution in [2.75, 3.05) is 13.2 Å². The van der Waals surface area contributed by atoms with Crippen molar-refractivity contribution in [3.63, 3.8) is 0 Å². The van der Waals surface area contributed by atoms with Gasteiger partial charge in [0.15, 0.2) is 0 Å². The first-order valence-electron chi connectivity index (χ1n) is 6.14. The van der Waals surface area contributed by atoms with Gasteiger partial charge in [0.25, 0.3) is 0 Å². The Hall–Kier alpha value is -2.10. The molecule has 0 radical (unpaired) electrons. The molecule has 2 N–H and O–H groups in total. The highest BCUT2D eigenvalue weighted by Gasteiger charge is 2.00. The Bertz CT molecular complexity index is 520. The molecule has 0 aromatic heterocycles. The monoisotopic (exact) mass is 255 g/mol. The highest BCUT2D eigenvalue weighted by atomic mass is 16.6. The zero-order valence-corrected chi connectivity index (χ0v) is 10.7. The average molecular weight is 255 g/mol. The summed E-state index contributed by atoms with van der Waals surface area (Å²) in [6.07, 6.45) is 0. The first-order valence-corrected chi connectivity index (χ1v) is 6.14. The second-order valence-electron chi connectivity index (χ2n) is 4.10. The normalized spacial score (nSPS) is 10.2. The number of aliphatic hydroxyl groups is 1. The number of hydroxylamine groups is 1. The maximum atomic E-state index is 8.62. The van der Waals surface area contributed by atoms with Crippen LogP contribution in [0.2, 0.25) is 0 Å². The highest BCUT2D eigenvalue weighted by molar-refractivity contribution is 5.68. The van der Waals surface area contributed by atoms with Crippen molar-refractivity contribution in [2.24, 2.45) is 0 Å². The van der Waals surface area contributed by atoms with E-state index in [-0.39, 0.29) is 13.2 Å². The van der Waals surface area contributed by atoms with Gasteiger partial charge in [-0.1, -0.05) is 61.2 Å². The average Bonchev–Trinajstić information content (AvgIpc) is 2.48. The maximum Gasteiger partial charge on any atom is 0.0976 e. The molecule has 0 saturated heterocycles. The van der Waals surface area contributed by atoms with E-state index < -0.39 is 0 Å². The van der Waals surface area contributed by atoms with Crippen molar-refractivity contribution in [3.05, 3.63) is 66.7 Å². The minimum atomic E-state index is -0.0206. The van der Waals surface area contributed by atoms with Crippen LogP contribution >= 0.6 is 0 Å². The lowest BCUT2D eigenvalue weighted by Crippen LogP contribution is -2.14. The number of benzene rings is 2. The Morgan fingerprint density at radius 3 is 2.26 bits per heavy atom. The Morgan fingerprint density at radius 1 is 1.00 bits per heavy atom. The van der Waals surface area contributed by atoms with Crippen LogP contribution in [0.5, 0.6) is 0 Å². The van der Waals surface area contributed by atoms with Gasteiger partial charge in [-0.2, -0.15) is 0 Å². The van der Waals surface area contributed by atoms with Gasteiger partial charge in [0.05, 0.1) is 18.9 Å². The van der Waals surface area contributed by atoms with Crippen LogP contribution in [0.3, 0.4) is 0 Å². The molecule has 0 heterocycles. The molecule has 2 aromatic carbocycles. The summed E-state index contributed by atoms with van der Waals surface area (Å²) in [4.78, 5) is 5.01. The van der Waals surface area contributed by atoms with Crippen LogP contribution in [0.4, 0.5) is 0 Å². The van der Waals surface area contributed by atoms with Crippen LogP contribution in [0, 0.1) is 0 Å². The summed E-state index contributed by atoms with van der Waals surface area (Å²) in [5.41, 5.74) is 6.68. The van der Waals surface area contributed by atoms with E-state index in [0.29, 0.717) is 5.70 Å². The Kier molecular flexibility index (Phi) is 4.72. The molecule has 2 aromatic rings. The number of hydrogen-bond acceptors (Lipinski definition) is 3. The zero-order valence-electron chi connectivity index (χ0n) is 10.7. The topological polar surface area (TPSA) is 41.5 Å². The van der Waals surface area contributed by atoms with Gasteiger partial charge in [-0.25, -0.2) is 0 Å². The van der Waals surface area contributed by atoms with Crippen molar-refractivity contribution in [1.82, 2.24) is 5.48 Å². The molecule has 0 aliphatic rings. The minimum Gasteiger partial charge on any atom is -0.394 e. The SMILES string of the molecule is C=C(NOCCO)c1ccc(-c2ccccc2)cc1. The van der Waals surface area contributed by atoms with Crippen LogP contribution in [-0.2, 0) is 4.84 Å². The van der Waals surface area contributed by atoms with Crippen LogP contribution in [0.25, 0.3) is 16.8 Å². The van der Waals surface area contributed by atoms with Crippen LogP contribution in [0.15, 0.2) is 61.2 Å². The molecule has 0 saturated carbocycles. The number of aliphatic hydroxyl groups excluding tert-OH is 1. The zero-order chi connectivity index (χ0) is 13.5. The fourth-order valence-corrected chi connectivity index (χ4v) is 1.74. The predicted molar refractivity (Wildman–Crippen MR) is 77.1 cm³/mol. The second kappa shape index (κ2) is 6.73. The lowest BCUT2D eigenvalue weighted by molar-refractivity contribution is 0.0481. The summed E-state index contributed by atoms with van der Waals surface area (Å²) < 4.78 is 0. The summed E-state index contributed by atoms with van der Waals surface area (Å²) in [5, 5.41) is 8.62. The molecule has 0 amide bonds. The van der Waals surface area contributed by atoms with Crippen molar-refractivity contribution < 1.29 is 9.94 Å². The third kappa shape index (κ3) is 3.68. The summed E-state index contributed by atoms with van der Waals surface area (Å²) in [7, 11) is 0. The van der Waals surface area contributed by atoms with Crippen molar-refractivity contribution in [2.45, 2.75) is 0 Å². The van der Waals surface area contributed by atoms with E-state index in [2.05, 4.69) is 24.2 Å². The molecular formula is C16H17NO2. The molecule has 3 nitrogen and oxygen atoms in total. The van der Waals surface area contributed by atoms with Gasteiger partial charge >= 0.3 is 0 Å². The van der Waals surface area contributed by atoms with E-state index >= 15 is 0 Å². The van der Waals surface area contributed by atoms with E-state index in [1.807, 2.05) is 42.5 Å². The molecule has 2 rings (SSSR count). The molecule has 19 heavy (non-hydrogen) atoms. The molecule has 0 unspecified atom stereocenters. The molecule has 0 atom stereocenters. The smallest absolute Gasteiger partial charge is 0.0976 e. The fraction of sp³-hybridized carbons (Fsp3) is 0.125. The quantitative estimate of drug-likeness (QED) is 0.616. The van der Waals surface area contributed by atoms with Crippen LogP contribution in [0.1, 0.15) is 5.56 Å². The van der Waals surface area contributed by atoms with Gasteiger partial charge < -0.3 is 5.11 Å². The molecule has 0 spiro atoms. The van der Waals surface area contributed by atoms with Gasteiger partial charge in [0.1, 0.15) is 0 Å². The highest BCUT2D eigenvalue weighted by Crippen LogP contribution is 2.20. The van der Waals surface area contributed by atoms with Crippen LogP contribution in [-0.4, -0.2) is 18.3 Å². The molecule has 0 bridgehead atoms. The van der Waals surface area contributed by atoms with E-state index in [1.165, 1.54) is 5.56 Å². The number of nitrogens with one attached hydrogen (secondary N) is 1. The van der Waals surface area contributed by atoms with Gasteiger partial charge in [0, 0.05) is 0 Å². The molecule has 0 fully saturated rings. The first kappa shape index (κ1) is 13.3. The number of rotatable bonds is 6. The lowest BCUT2D eigenvalue weighted by Gasteiger charge is -2.10. The van der Waals surface area contributed by atoms with E-state index in [0.717, 1.165) is 11.1 Å². The van der Waals surface area contributed by atoms with E-state index in [4.69, 9.17) is 9.94 Å². The van der Waals surface area contributed by atoms with Gasteiger partial charge in [-0.3, -0.25) is 10.3 Å². The fourth-order valence-electron chi connectivity index (χ4n) is 1.74. The summed E-state index contributed by atoms with van der Waals surface area (Å²) in [5.74, 6) is 0. The molecule has 0 aliphatic carbocycles. The summed E-state index contributed by atoms with van der Waals surface area (Å²) >= 11 is 0. The van der Waals surface area contributed by atoms with Gasteiger partial charge in [0.2, 0.25) is 0 Å². The van der Waals surface area contributed by atoms with Gasteiger partial charge in [-0.15, -0.1) is 0 Å². The lowest BCUT2D eigenvalue weighted by atomic mass is 10.0. The second-order valence-corrected chi connectivity index (χ2v) is 4.10. The predicted octanol–water partition coefficient (Wildman–Crippen LogP) is 2.84. The van der Waals surface area contributed by atoms with Crippen molar-refractivity contribution in [3.8, 4) is 11.1 Å². The molecular weight excluding hydrogens is 238 g/mol. The summed E-state index contributed by atoms with van der Waals surface area (Å²) in [6.45, 7) is 4.10. The number of hydrogen-bond donors (Lipinski definition) is 2. The van der Waals surface area contributed by atoms with Gasteiger partial charge in [-0.05, 0) is 16.7 Å². The third-order valence-electron chi connectivity index (χ3n) is 2.73. The third-order valence-corrected chi connectivity index (χ3v) is 2.73. The van der Waals surface area contributed by atoms with Crippen LogP contribution < -0.4 is 5.48 Å².